The summed E-state index contributed by atoms with van der Waals surface area (Å²) in [6.45, 7) is 10.7. The second kappa shape index (κ2) is 7.06. The van der Waals surface area contributed by atoms with Crippen molar-refractivity contribution in [3.05, 3.63) is 23.3 Å². The number of allylic oxidation sites excluding steroid dienone is 2. The maximum Gasteiger partial charge on any atom is 0.315 e. The van der Waals surface area contributed by atoms with Crippen molar-refractivity contribution < 1.29 is 19.5 Å². The van der Waals surface area contributed by atoms with E-state index < -0.39 is 22.2 Å². The van der Waals surface area contributed by atoms with E-state index in [4.69, 9.17) is 4.84 Å². The largest absolute Gasteiger partial charge is 0.481 e. The molecule has 4 aliphatic carbocycles. The van der Waals surface area contributed by atoms with Crippen LogP contribution in [0, 0.1) is 45.8 Å². The number of fused-ring (bicyclic) bond motifs is 2. The van der Waals surface area contributed by atoms with E-state index >= 15 is 0 Å². The van der Waals surface area contributed by atoms with Gasteiger partial charge in [-0.3, -0.25) is 4.79 Å². The van der Waals surface area contributed by atoms with Crippen LogP contribution < -0.4 is 0 Å². The van der Waals surface area contributed by atoms with Crippen molar-refractivity contribution in [1.82, 2.24) is 0 Å². The molecule has 4 bridgehead atoms. The number of oxime groups is 1. The predicted molar refractivity (Wildman–Crippen MR) is 116 cm³/mol. The quantitative estimate of drug-likeness (QED) is 0.212. The Morgan fingerprint density at radius 3 is 2.63 bits per heavy atom. The Bertz CT molecular complexity index is 838. The highest BCUT2D eigenvalue weighted by molar-refractivity contribution is 5.96. The molecular weight excluding hydrogens is 378 g/mol. The Morgan fingerprint density at radius 2 is 2.03 bits per heavy atom. The minimum atomic E-state index is -1.21. The Kier molecular flexibility index (Phi) is 5.02. The van der Waals surface area contributed by atoms with E-state index in [0.717, 1.165) is 36.7 Å². The molecule has 3 fully saturated rings. The summed E-state index contributed by atoms with van der Waals surface area (Å²) in [5.41, 5.74) is -0.682. The molecule has 7 atom stereocenters. The molecule has 0 aromatic carbocycles. The molecule has 1 N–H and O–H groups in total. The van der Waals surface area contributed by atoms with Crippen LogP contribution in [0.1, 0.15) is 60.3 Å². The second-order valence-corrected chi connectivity index (χ2v) is 10.7. The van der Waals surface area contributed by atoms with E-state index in [1.54, 1.807) is 6.21 Å². The topological polar surface area (TPSA) is 76.0 Å². The van der Waals surface area contributed by atoms with Crippen molar-refractivity contribution >= 4 is 18.5 Å². The van der Waals surface area contributed by atoms with Gasteiger partial charge in [0.15, 0.2) is 0 Å². The van der Waals surface area contributed by atoms with E-state index in [2.05, 4.69) is 32.0 Å². The molecule has 0 amide bonds. The van der Waals surface area contributed by atoms with Crippen LogP contribution in [-0.4, -0.2) is 30.2 Å². The maximum absolute atomic E-state index is 13.2. The average molecular weight is 414 g/mol. The van der Waals surface area contributed by atoms with Crippen LogP contribution in [0.2, 0.25) is 0 Å². The van der Waals surface area contributed by atoms with E-state index in [0.29, 0.717) is 24.9 Å². The molecule has 0 saturated heterocycles. The van der Waals surface area contributed by atoms with Gasteiger partial charge in [-0.25, -0.2) is 0 Å². The third-order valence-electron chi connectivity index (χ3n) is 8.92. The Morgan fingerprint density at radius 1 is 1.30 bits per heavy atom. The van der Waals surface area contributed by atoms with Crippen molar-refractivity contribution in [2.75, 3.05) is 6.61 Å². The minimum absolute atomic E-state index is 0.0183. The molecule has 4 rings (SSSR count). The standard InChI is InChI=1S/C25H35NO4/c1-15(2)8-9-30-26-13-23-12-19-17(5)6-7-20(19)24(14-27)11-18(23)10-21(16(3)4)25(23,24)22(28)29/h8,10,13-14,16-20H,6-7,9,11-12H2,1-5H3,(H,28,29)/t17-,18+,19-,20-,23+,24+,25-/m1/s1. The summed E-state index contributed by atoms with van der Waals surface area (Å²) in [7, 11) is 0. The molecule has 0 heterocycles. The van der Waals surface area contributed by atoms with Crippen molar-refractivity contribution in [2.24, 2.45) is 51.0 Å². The molecule has 0 aromatic rings. The number of aliphatic carboxylic acids is 1. The lowest BCUT2D eigenvalue weighted by molar-refractivity contribution is -0.173. The van der Waals surface area contributed by atoms with Crippen LogP contribution >= 0.6 is 0 Å². The van der Waals surface area contributed by atoms with Crippen LogP contribution in [0.3, 0.4) is 0 Å². The average Bonchev–Trinajstić information content (AvgIpc) is 3.24. The summed E-state index contributed by atoms with van der Waals surface area (Å²) < 4.78 is 0. The summed E-state index contributed by atoms with van der Waals surface area (Å²) in [6.07, 6.45) is 10.4. The zero-order valence-electron chi connectivity index (χ0n) is 18.9. The van der Waals surface area contributed by atoms with Gasteiger partial charge in [0.05, 0.1) is 11.6 Å². The molecule has 0 unspecified atom stereocenters. The Labute approximate surface area is 179 Å². The van der Waals surface area contributed by atoms with Gasteiger partial charge in [0, 0.05) is 5.41 Å². The van der Waals surface area contributed by atoms with Gasteiger partial charge in [0.25, 0.3) is 0 Å². The second-order valence-electron chi connectivity index (χ2n) is 10.7. The number of rotatable bonds is 7. The van der Waals surface area contributed by atoms with E-state index in [9.17, 15) is 14.7 Å². The molecule has 0 aromatic heterocycles. The van der Waals surface area contributed by atoms with Gasteiger partial charge < -0.3 is 14.7 Å². The van der Waals surface area contributed by atoms with Gasteiger partial charge in [0.2, 0.25) is 0 Å². The molecular formula is C25H35NO4. The Hall–Kier alpha value is -1.91. The molecule has 0 aliphatic heterocycles. The third kappa shape index (κ3) is 2.38. The summed E-state index contributed by atoms with van der Waals surface area (Å²) in [4.78, 5) is 31.6. The molecule has 5 nitrogen and oxygen atoms in total. The maximum atomic E-state index is 13.2. The van der Waals surface area contributed by atoms with Crippen LogP contribution in [-0.2, 0) is 14.4 Å². The monoisotopic (exact) mass is 413 g/mol. The first-order chi connectivity index (χ1) is 14.2. The van der Waals surface area contributed by atoms with Gasteiger partial charge in [0.1, 0.15) is 18.3 Å². The zero-order chi connectivity index (χ0) is 21.9. The van der Waals surface area contributed by atoms with Crippen molar-refractivity contribution in [3.8, 4) is 0 Å². The molecule has 3 saturated carbocycles. The number of carboxylic acid groups (broad SMARTS) is 1. The molecule has 0 spiro atoms. The van der Waals surface area contributed by atoms with Gasteiger partial charge in [-0.15, -0.1) is 0 Å². The summed E-state index contributed by atoms with van der Waals surface area (Å²) in [5, 5.41) is 15.1. The molecule has 4 aliphatic rings. The van der Waals surface area contributed by atoms with E-state index in [-0.39, 0.29) is 17.8 Å². The van der Waals surface area contributed by atoms with Crippen LogP contribution in [0.25, 0.3) is 0 Å². The minimum Gasteiger partial charge on any atom is -0.481 e. The molecule has 5 heteroatoms. The summed E-state index contributed by atoms with van der Waals surface area (Å²) >= 11 is 0. The number of aldehydes is 1. The molecule has 0 radical (unpaired) electrons. The van der Waals surface area contributed by atoms with Crippen molar-refractivity contribution in [3.63, 3.8) is 0 Å². The van der Waals surface area contributed by atoms with Crippen LogP contribution in [0.4, 0.5) is 0 Å². The number of carboxylic acids is 1. The normalized spacial score (nSPS) is 43.6. The highest BCUT2D eigenvalue weighted by atomic mass is 16.6. The fourth-order valence-corrected chi connectivity index (χ4v) is 7.87. The summed E-state index contributed by atoms with van der Waals surface area (Å²) in [6, 6.07) is 0. The lowest BCUT2D eigenvalue weighted by Gasteiger charge is -2.57. The lowest BCUT2D eigenvalue weighted by atomic mass is 9.43. The fourth-order valence-electron chi connectivity index (χ4n) is 7.87. The molecule has 30 heavy (non-hydrogen) atoms. The van der Waals surface area contributed by atoms with Crippen molar-refractivity contribution in [2.45, 2.75) is 60.3 Å². The van der Waals surface area contributed by atoms with Gasteiger partial charge in [-0.2, -0.15) is 0 Å². The lowest BCUT2D eigenvalue weighted by Crippen LogP contribution is -2.63. The van der Waals surface area contributed by atoms with E-state index in [1.165, 1.54) is 0 Å². The fraction of sp³-hybridized carbons (Fsp3) is 0.720. The SMILES string of the molecule is CC(C)=CCON=C[C@@]12C[C@@H]3[C@H](C)CC[C@H]3[C@@]3(C=O)C[C@@H]1C=C(C(C)C)[C@]32C(=O)O. The predicted octanol–water partition coefficient (Wildman–Crippen LogP) is 4.88. The van der Waals surface area contributed by atoms with Crippen LogP contribution in [0.5, 0.6) is 0 Å². The van der Waals surface area contributed by atoms with Gasteiger partial charge >= 0.3 is 5.97 Å². The van der Waals surface area contributed by atoms with Gasteiger partial charge in [-0.05, 0) is 68.8 Å². The van der Waals surface area contributed by atoms with Gasteiger partial charge in [-0.1, -0.05) is 49.6 Å². The molecule has 164 valence electrons. The Balaban J connectivity index is 1.87. The number of nitrogens with zero attached hydrogens (tertiary/aromatic N) is 1. The zero-order valence-corrected chi connectivity index (χ0v) is 18.9. The first-order valence-electron chi connectivity index (χ1n) is 11.4. The number of hydrogen-bond acceptors (Lipinski definition) is 4. The summed E-state index contributed by atoms with van der Waals surface area (Å²) in [5.74, 6) is 0.229. The van der Waals surface area contributed by atoms with E-state index in [1.807, 2.05) is 19.9 Å². The highest BCUT2D eigenvalue weighted by Gasteiger charge is 2.84. The first-order valence-corrected chi connectivity index (χ1v) is 11.4. The first kappa shape index (κ1) is 21.3. The number of carbonyl (C=O) groups is 2. The van der Waals surface area contributed by atoms with Crippen molar-refractivity contribution in [1.29, 1.82) is 0 Å². The number of carbonyl (C=O) groups excluding carboxylic acids is 1. The number of hydrogen-bond donors (Lipinski definition) is 1. The van der Waals surface area contributed by atoms with Crippen LogP contribution in [0.15, 0.2) is 28.5 Å². The highest BCUT2D eigenvalue weighted by Crippen LogP contribution is 2.82. The smallest absolute Gasteiger partial charge is 0.315 e. The third-order valence-corrected chi connectivity index (χ3v) is 8.92.